The molecule has 0 aliphatic heterocycles. The predicted molar refractivity (Wildman–Crippen MR) is 129 cm³/mol. The molecule has 6 aromatic carbocycles. The molecule has 0 saturated heterocycles. The number of rotatable bonds is 2. The van der Waals surface area contributed by atoms with Crippen molar-refractivity contribution in [2.45, 2.75) is 0 Å². The van der Waals surface area contributed by atoms with E-state index in [4.69, 9.17) is 4.74 Å². The topological polar surface area (TPSA) is 9.23 Å². The first-order valence-electron chi connectivity index (χ1n) is 9.86. The van der Waals surface area contributed by atoms with Crippen LogP contribution in [0.2, 0.25) is 0 Å². The van der Waals surface area contributed by atoms with Crippen molar-refractivity contribution in [1.82, 2.24) is 0 Å². The van der Waals surface area contributed by atoms with Crippen molar-refractivity contribution in [2.75, 3.05) is 0 Å². The van der Waals surface area contributed by atoms with Crippen LogP contribution in [0.3, 0.4) is 0 Å². The van der Waals surface area contributed by atoms with Crippen LogP contribution in [0.4, 0.5) is 0 Å². The van der Waals surface area contributed by atoms with Gasteiger partial charge in [0.2, 0.25) is 0 Å². The summed E-state index contributed by atoms with van der Waals surface area (Å²) < 4.78 is 6.50. The van der Waals surface area contributed by atoms with E-state index in [0.717, 1.165) is 22.3 Å². The van der Waals surface area contributed by atoms with Crippen molar-refractivity contribution in [3.05, 3.63) is 109 Å². The molecule has 0 aliphatic carbocycles. The molecule has 0 saturated carbocycles. The molecule has 0 spiro atoms. The summed E-state index contributed by atoms with van der Waals surface area (Å²) in [4.78, 5) is 0. The Morgan fingerprint density at radius 1 is 0.367 bits per heavy atom. The van der Waals surface area contributed by atoms with E-state index in [9.17, 15) is 0 Å². The summed E-state index contributed by atoms with van der Waals surface area (Å²) in [5.41, 5.74) is 0. The number of fused-ring (bicyclic) bond motifs is 4. The maximum Gasteiger partial charge on any atom is 0.135 e. The summed E-state index contributed by atoms with van der Waals surface area (Å²) in [7, 11) is 0. The molecule has 0 fully saturated rings. The van der Waals surface area contributed by atoms with E-state index >= 15 is 0 Å². The Labute approximate surface area is 187 Å². The van der Waals surface area contributed by atoms with Gasteiger partial charge in [-0.25, -0.2) is 0 Å². The Hall–Kier alpha value is -3.24. The van der Waals surface area contributed by atoms with Crippen molar-refractivity contribution in [3.63, 3.8) is 0 Å². The van der Waals surface area contributed by atoms with Crippen molar-refractivity contribution in [2.24, 2.45) is 0 Å². The van der Waals surface area contributed by atoms with E-state index in [2.05, 4.69) is 109 Å². The molecule has 0 aromatic heterocycles. The van der Waals surface area contributed by atoms with E-state index in [0.29, 0.717) is 0 Å². The van der Waals surface area contributed by atoms with Crippen LogP contribution >= 0.6 is 0 Å². The maximum atomic E-state index is 6.50. The fourth-order valence-electron chi connectivity index (χ4n) is 4.17. The molecule has 0 N–H and O–H groups in total. The van der Waals surface area contributed by atoms with Crippen molar-refractivity contribution < 1.29 is 4.74 Å². The van der Waals surface area contributed by atoms with Gasteiger partial charge in [0.05, 0.1) is 0 Å². The van der Waals surface area contributed by atoms with Crippen LogP contribution in [0.15, 0.2) is 109 Å². The molecule has 0 bridgehead atoms. The Bertz CT molecular complexity index is 1420. The fourth-order valence-corrected chi connectivity index (χ4v) is 4.17. The Morgan fingerprint density at radius 3 is 1.17 bits per heavy atom. The monoisotopic (exact) mass is 377 g/mol. The second kappa shape index (κ2) is 7.54. The van der Waals surface area contributed by atoms with Gasteiger partial charge in [0, 0.05) is 29.6 Å². The van der Waals surface area contributed by atoms with Gasteiger partial charge < -0.3 is 4.74 Å². The Kier molecular flexibility index (Phi) is 4.72. The molecule has 2 heteroatoms. The predicted octanol–water partition coefficient (Wildman–Crippen LogP) is 7.71. The van der Waals surface area contributed by atoms with Crippen LogP contribution in [-0.2, 0) is 0 Å². The van der Waals surface area contributed by atoms with E-state index in [1.54, 1.807) is 0 Å². The zero-order valence-electron chi connectivity index (χ0n) is 16.8. The quantitative estimate of drug-likeness (QED) is 0.222. The number of hydrogen-bond donors (Lipinski definition) is 0. The minimum Gasteiger partial charge on any atom is -0.456 e. The summed E-state index contributed by atoms with van der Waals surface area (Å²) in [5.74, 6) is 1.77. The van der Waals surface area contributed by atoms with E-state index < -0.39 is 0 Å². The third-order valence-electron chi connectivity index (χ3n) is 5.63. The van der Waals surface area contributed by atoms with Gasteiger partial charge in [0.1, 0.15) is 11.5 Å². The molecule has 6 rings (SSSR count). The molecule has 0 atom stereocenters. The van der Waals surface area contributed by atoms with Crippen LogP contribution in [-0.4, -0.2) is 18.9 Å². The van der Waals surface area contributed by atoms with Crippen LogP contribution in [0.25, 0.3) is 43.1 Å². The molecule has 0 aliphatic rings. The molecular weight excluding hydrogens is 359 g/mol. The van der Waals surface area contributed by atoms with Crippen molar-refractivity contribution in [1.29, 1.82) is 0 Å². The van der Waals surface area contributed by atoms with Gasteiger partial charge in [-0.05, 0) is 68.7 Å². The Morgan fingerprint density at radius 2 is 0.733 bits per heavy atom. The van der Waals surface area contributed by atoms with Gasteiger partial charge in [0.25, 0.3) is 0 Å². The minimum atomic E-state index is 0. The average molecular weight is 377 g/mol. The van der Waals surface area contributed by atoms with Gasteiger partial charge in [-0.1, -0.05) is 72.8 Å². The van der Waals surface area contributed by atoms with Gasteiger partial charge in [-0.15, -0.1) is 0 Å². The number of hydrogen-bond acceptors (Lipinski definition) is 1. The average Bonchev–Trinajstić information content (AvgIpc) is 2.77. The van der Waals surface area contributed by atoms with E-state index in [-0.39, 0.29) is 18.9 Å². The van der Waals surface area contributed by atoms with Gasteiger partial charge in [-0.2, -0.15) is 0 Å². The van der Waals surface area contributed by atoms with E-state index in [1.807, 2.05) is 0 Å². The zero-order chi connectivity index (χ0) is 19.2. The summed E-state index contributed by atoms with van der Waals surface area (Å²) in [5, 5.41) is 9.56. The first-order chi connectivity index (χ1) is 14.3. The summed E-state index contributed by atoms with van der Waals surface area (Å²) >= 11 is 0. The third kappa shape index (κ3) is 3.14. The molecule has 137 valence electrons. The van der Waals surface area contributed by atoms with Crippen molar-refractivity contribution in [3.8, 4) is 11.5 Å². The van der Waals surface area contributed by atoms with Crippen LogP contribution in [0, 0.1) is 0 Å². The molecule has 1 radical (unpaired) electrons. The first kappa shape index (κ1) is 18.8. The van der Waals surface area contributed by atoms with Gasteiger partial charge in [-0.3, -0.25) is 0 Å². The molecule has 6 aromatic rings. The van der Waals surface area contributed by atoms with Crippen LogP contribution in [0.1, 0.15) is 0 Å². The summed E-state index contributed by atoms with van der Waals surface area (Å²) in [6.07, 6.45) is 0. The zero-order valence-corrected chi connectivity index (χ0v) is 16.8. The molecule has 0 amide bonds. The van der Waals surface area contributed by atoms with Crippen LogP contribution < -0.4 is 4.74 Å². The molecule has 30 heavy (non-hydrogen) atoms. The van der Waals surface area contributed by atoms with E-state index in [1.165, 1.54) is 32.3 Å². The minimum absolute atomic E-state index is 0. The number of ether oxygens (including phenoxy) is 1. The normalized spacial score (nSPS) is 11.1. The molecular formula is C28H18LiO. The third-order valence-corrected chi connectivity index (χ3v) is 5.63. The first-order valence-corrected chi connectivity index (χ1v) is 9.86. The number of benzene rings is 6. The second-order valence-corrected chi connectivity index (χ2v) is 7.46. The maximum absolute atomic E-state index is 6.50. The SMILES string of the molecule is [Li].c1ccc2cc3c(Oc4cccc5cc6ccccc6cc45)cccc3cc2c1. The van der Waals surface area contributed by atoms with Gasteiger partial charge in [0.15, 0.2) is 0 Å². The summed E-state index contributed by atoms with van der Waals surface area (Å²) in [6, 6.07) is 38.3. The molecule has 0 unspecified atom stereocenters. The Balaban J connectivity index is 0.00000193. The molecule has 1 nitrogen and oxygen atoms in total. The standard InChI is InChI=1S/C28H18O.Li/c1-3-9-21-17-25-23(15-19(21)7-1)11-5-13-27(25)29-28-14-6-12-24-16-20-8-2-4-10-22(20)18-26(24)28;/h1-18H;. The molecule has 0 heterocycles. The second-order valence-electron chi connectivity index (χ2n) is 7.46. The smallest absolute Gasteiger partial charge is 0.135 e. The van der Waals surface area contributed by atoms with Crippen LogP contribution in [0.5, 0.6) is 11.5 Å². The fraction of sp³-hybridized carbons (Fsp3) is 0. The van der Waals surface area contributed by atoms with Gasteiger partial charge >= 0.3 is 0 Å². The summed E-state index contributed by atoms with van der Waals surface area (Å²) in [6.45, 7) is 0. The van der Waals surface area contributed by atoms with Crippen molar-refractivity contribution >= 4 is 62.0 Å². The largest absolute Gasteiger partial charge is 0.456 e.